The lowest BCUT2D eigenvalue weighted by Crippen LogP contribution is -2.44. The van der Waals surface area contributed by atoms with Gasteiger partial charge in [-0.1, -0.05) is 0 Å². The molecule has 0 amide bonds. The van der Waals surface area contributed by atoms with Crippen LogP contribution in [0.15, 0.2) is 24.5 Å². The van der Waals surface area contributed by atoms with Crippen molar-refractivity contribution in [3.63, 3.8) is 0 Å². The maximum Gasteiger partial charge on any atom is 0.157 e. The molecule has 2 aromatic rings. The van der Waals surface area contributed by atoms with Gasteiger partial charge in [0.2, 0.25) is 0 Å². The summed E-state index contributed by atoms with van der Waals surface area (Å²) in [5.41, 5.74) is 6.73. The number of hydrogen-bond donors (Lipinski definition) is 1. The highest BCUT2D eigenvalue weighted by atomic mass is 15.3. The lowest BCUT2D eigenvalue weighted by atomic mass is 10.0. The maximum atomic E-state index is 5.84. The summed E-state index contributed by atoms with van der Waals surface area (Å²) in [5, 5.41) is 4.16. The zero-order valence-electron chi connectivity index (χ0n) is 9.79. The van der Waals surface area contributed by atoms with E-state index in [-0.39, 0.29) is 0 Å². The summed E-state index contributed by atoms with van der Waals surface area (Å²) in [4.78, 5) is 6.96. The molecule has 0 aliphatic carbocycles. The summed E-state index contributed by atoms with van der Waals surface area (Å²) in [6.07, 6.45) is 7.39. The smallest absolute Gasteiger partial charge is 0.157 e. The van der Waals surface area contributed by atoms with E-state index in [2.05, 4.69) is 15.0 Å². The number of nitrogens with zero attached hydrogens (tertiary/aromatic N) is 4. The Labute approximate surface area is 100 Å². The van der Waals surface area contributed by atoms with Gasteiger partial charge in [0.25, 0.3) is 0 Å². The van der Waals surface area contributed by atoms with Gasteiger partial charge in [-0.2, -0.15) is 5.10 Å². The van der Waals surface area contributed by atoms with Gasteiger partial charge >= 0.3 is 0 Å². The van der Waals surface area contributed by atoms with Crippen LogP contribution in [0.1, 0.15) is 19.3 Å². The molecule has 1 aliphatic rings. The number of anilines is 1. The molecule has 17 heavy (non-hydrogen) atoms. The summed E-state index contributed by atoms with van der Waals surface area (Å²) in [6, 6.07) is 4.38. The molecule has 90 valence electrons. The van der Waals surface area contributed by atoms with Crippen LogP contribution >= 0.6 is 0 Å². The van der Waals surface area contributed by atoms with Gasteiger partial charge in [-0.25, -0.2) is 9.50 Å². The molecule has 0 bridgehead atoms. The number of hydrogen-bond acceptors (Lipinski definition) is 4. The summed E-state index contributed by atoms with van der Waals surface area (Å²) >= 11 is 0. The Morgan fingerprint density at radius 2 is 2.29 bits per heavy atom. The third-order valence-electron chi connectivity index (χ3n) is 3.44. The van der Waals surface area contributed by atoms with E-state index in [1.54, 1.807) is 10.7 Å². The van der Waals surface area contributed by atoms with E-state index in [0.717, 1.165) is 18.0 Å². The zero-order valence-corrected chi connectivity index (χ0v) is 9.79. The van der Waals surface area contributed by atoms with Crippen LogP contribution in [-0.4, -0.2) is 33.7 Å². The second-order valence-corrected chi connectivity index (χ2v) is 4.50. The van der Waals surface area contributed by atoms with Crippen LogP contribution < -0.4 is 10.6 Å². The summed E-state index contributed by atoms with van der Waals surface area (Å²) < 4.78 is 1.78. The standard InChI is InChI=1S/C12H17N5/c13-9-10-3-1-2-7-16(10)11-5-8-17-12(15-11)4-6-14-17/h4-6,8,10H,1-3,7,9,13H2. The molecule has 1 fully saturated rings. The lowest BCUT2D eigenvalue weighted by molar-refractivity contribution is 0.462. The lowest BCUT2D eigenvalue weighted by Gasteiger charge is -2.35. The van der Waals surface area contributed by atoms with Gasteiger partial charge in [-0.05, 0) is 25.3 Å². The van der Waals surface area contributed by atoms with Crippen molar-refractivity contribution in [1.29, 1.82) is 0 Å². The SMILES string of the molecule is NCC1CCCCN1c1ccn2nccc2n1. The minimum absolute atomic E-state index is 0.432. The molecule has 1 aliphatic heterocycles. The Balaban J connectivity index is 1.95. The molecule has 2 N–H and O–H groups in total. The molecule has 1 unspecified atom stereocenters. The summed E-state index contributed by atoms with van der Waals surface area (Å²) in [7, 11) is 0. The van der Waals surface area contributed by atoms with Crippen LogP contribution in [0.25, 0.3) is 5.65 Å². The van der Waals surface area contributed by atoms with Gasteiger partial charge in [0.1, 0.15) is 5.82 Å². The Bertz CT molecular complexity index is 506. The van der Waals surface area contributed by atoms with Crippen molar-refractivity contribution in [2.45, 2.75) is 25.3 Å². The highest BCUT2D eigenvalue weighted by Crippen LogP contribution is 2.22. The molecule has 1 atom stereocenters. The molecule has 0 radical (unpaired) electrons. The average Bonchev–Trinajstić information content (AvgIpc) is 2.85. The van der Waals surface area contributed by atoms with E-state index >= 15 is 0 Å². The molecule has 2 aromatic heterocycles. The molecule has 0 saturated carbocycles. The Kier molecular flexibility index (Phi) is 2.68. The Morgan fingerprint density at radius 1 is 1.35 bits per heavy atom. The number of nitrogens with two attached hydrogens (primary N) is 1. The minimum atomic E-state index is 0.432. The van der Waals surface area contributed by atoms with Crippen molar-refractivity contribution in [3.8, 4) is 0 Å². The van der Waals surface area contributed by atoms with E-state index in [1.165, 1.54) is 19.3 Å². The molecule has 1 saturated heterocycles. The molecule has 0 aromatic carbocycles. The van der Waals surface area contributed by atoms with E-state index in [4.69, 9.17) is 5.73 Å². The first-order valence-electron chi connectivity index (χ1n) is 6.15. The van der Waals surface area contributed by atoms with Crippen LogP contribution in [0.4, 0.5) is 5.82 Å². The zero-order chi connectivity index (χ0) is 11.7. The fourth-order valence-corrected chi connectivity index (χ4v) is 2.51. The molecule has 3 heterocycles. The number of rotatable bonds is 2. The first-order chi connectivity index (χ1) is 8.38. The van der Waals surface area contributed by atoms with Gasteiger partial charge in [0, 0.05) is 31.4 Å². The highest BCUT2D eigenvalue weighted by molar-refractivity contribution is 5.48. The van der Waals surface area contributed by atoms with Crippen molar-refractivity contribution >= 4 is 11.5 Å². The maximum absolute atomic E-state index is 5.84. The van der Waals surface area contributed by atoms with Gasteiger partial charge in [-0.3, -0.25) is 0 Å². The van der Waals surface area contributed by atoms with Crippen molar-refractivity contribution in [1.82, 2.24) is 14.6 Å². The van der Waals surface area contributed by atoms with Gasteiger partial charge in [0.05, 0.1) is 6.20 Å². The van der Waals surface area contributed by atoms with Crippen LogP contribution in [0.3, 0.4) is 0 Å². The quantitative estimate of drug-likeness (QED) is 0.839. The fourth-order valence-electron chi connectivity index (χ4n) is 2.51. The van der Waals surface area contributed by atoms with Crippen LogP contribution in [0.2, 0.25) is 0 Å². The molecule has 5 nitrogen and oxygen atoms in total. The summed E-state index contributed by atoms with van der Waals surface area (Å²) in [6.45, 7) is 1.76. The predicted octanol–water partition coefficient (Wildman–Crippen LogP) is 1.05. The number of aromatic nitrogens is 3. The van der Waals surface area contributed by atoms with Crippen molar-refractivity contribution in [3.05, 3.63) is 24.5 Å². The number of fused-ring (bicyclic) bond motifs is 1. The van der Waals surface area contributed by atoms with E-state index in [1.807, 2.05) is 18.3 Å². The monoisotopic (exact) mass is 231 g/mol. The van der Waals surface area contributed by atoms with Crippen LogP contribution in [0.5, 0.6) is 0 Å². The van der Waals surface area contributed by atoms with Gasteiger partial charge in [0.15, 0.2) is 5.65 Å². The first-order valence-corrected chi connectivity index (χ1v) is 6.15. The van der Waals surface area contributed by atoms with Crippen LogP contribution in [0, 0.1) is 0 Å². The van der Waals surface area contributed by atoms with Crippen molar-refractivity contribution < 1.29 is 0 Å². The molecule has 3 rings (SSSR count). The van der Waals surface area contributed by atoms with E-state index < -0.39 is 0 Å². The minimum Gasteiger partial charge on any atom is -0.352 e. The van der Waals surface area contributed by atoms with Gasteiger partial charge in [-0.15, -0.1) is 0 Å². The second kappa shape index (κ2) is 4.33. The predicted molar refractivity (Wildman–Crippen MR) is 67.0 cm³/mol. The van der Waals surface area contributed by atoms with Crippen LogP contribution in [-0.2, 0) is 0 Å². The van der Waals surface area contributed by atoms with E-state index in [9.17, 15) is 0 Å². The second-order valence-electron chi connectivity index (χ2n) is 4.50. The molecular formula is C12H17N5. The van der Waals surface area contributed by atoms with E-state index in [0.29, 0.717) is 12.6 Å². The third-order valence-corrected chi connectivity index (χ3v) is 3.44. The van der Waals surface area contributed by atoms with Crippen molar-refractivity contribution in [2.24, 2.45) is 5.73 Å². The topological polar surface area (TPSA) is 59.5 Å². The molecular weight excluding hydrogens is 214 g/mol. The highest BCUT2D eigenvalue weighted by Gasteiger charge is 2.22. The van der Waals surface area contributed by atoms with Gasteiger partial charge < -0.3 is 10.6 Å². The molecule has 5 heteroatoms. The van der Waals surface area contributed by atoms with Crippen molar-refractivity contribution in [2.75, 3.05) is 18.0 Å². The molecule has 0 spiro atoms. The largest absolute Gasteiger partial charge is 0.352 e. The Hall–Kier alpha value is -1.62. The average molecular weight is 231 g/mol. The number of piperidine rings is 1. The Morgan fingerprint density at radius 3 is 3.18 bits per heavy atom. The summed E-state index contributed by atoms with van der Waals surface area (Å²) in [5.74, 6) is 1.02. The fraction of sp³-hybridized carbons (Fsp3) is 0.500. The normalized spacial score (nSPS) is 21.0. The first kappa shape index (κ1) is 10.5. The third kappa shape index (κ3) is 1.86.